The summed E-state index contributed by atoms with van der Waals surface area (Å²) in [6.07, 6.45) is 56.9. The van der Waals surface area contributed by atoms with Gasteiger partial charge in [-0.3, -0.25) is 4.79 Å². The normalized spacial score (nSPS) is 24.6. The maximum atomic E-state index is 13.1. The van der Waals surface area contributed by atoms with Crippen molar-refractivity contribution in [1.82, 2.24) is 0 Å². The minimum atomic E-state index is -1.72. The second-order valence-corrected chi connectivity index (χ2v) is 21.1. The Bertz CT molecular complexity index is 1800. The van der Waals surface area contributed by atoms with Crippen molar-refractivity contribution in [2.45, 2.75) is 261 Å². The zero-order chi connectivity index (χ0) is 58.6. The van der Waals surface area contributed by atoms with Gasteiger partial charge in [-0.25, -0.2) is 0 Å². The first-order chi connectivity index (χ1) is 39.6. The summed E-state index contributed by atoms with van der Waals surface area (Å²) in [5.74, 6) is -0.421. The second kappa shape index (κ2) is 52.0. The van der Waals surface area contributed by atoms with E-state index in [9.17, 15) is 40.5 Å². The molecule has 14 heteroatoms. The quantitative estimate of drug-likeness (QED) is 0.0172. The molecule has 0 amide bonds. The van der Waals surface area contributed by atoms with Crippen LogP contribution in [0.3, 0.4) is 0 Å². The molecule has 7 N–H and O–H groups in total. The van der Waals surface area contributed by atoms with Crippen LogP contribution in [0, 0.1) is 0 Å². The first kappa shape index (κ1) is 73.5. The van der Waals surface area contributed by atoms with E-state index in [2.05, 4.69) is 135 Å². The Balaban J connectivity index is 1.70. The first-order valence-electron chi connectivity index (χ1n) is 31.1. The van der Waals surface area contributed by atoms with E-state index < -0.39 is 86.7 Å². The smallest absolute Gasteiger partial charge is 0.306 e. The molecule has 0 aliphatic carbocycles. The van der Waals surface area contributed by atoms with Gasteiger partial charge in [0.1, 0.15) is 54.9 Å². The lowest BCUT2D eigenvalue weighted by atomic mass is 9.98. The number of unbranched alkanes of at least 4 members (excludes halogenated alkanes) is 15. The fourth-order valence-electron chi connectivity index (χ4n) is 9.04. The number of hydrogen-bond donors (Lipinski definition) is 7. The molecule has 0 saturated carbocycles. The van der Waals surface area contributed by atoms with Crippen LogP contribution in [-0.2, 0) is 33.2 Å². The third kappa shape index (κ3) is 38.1. The molecular formula is C67H110O14. The second-order valence-electron chi connectivity index (χ2n) is 21.1. The highest BCUT2D eigenvalue weighted by molar-refractivity contribution is 5.69. The number of esters is 1. The third-order valence-corrected chi connectivity index (χ3v) is 14.0. The van der Waals surface area contributed by atoms with Crippen molar-refractivity contribution in [1.29, 1.82) is 0 Å². The van der Waals surface area contributed by atoms with Gasteiger partial charge in [-0.15, -0.1) is 0 Å². The number of aliphatic hydroxyl groups is 7. The van der Waals surface area contributed by atoms with E-state index in [4.69, 9.17) is 28.4 Å². The summed E-state index contributed by atoms with van der Waals surface area (Å²) < 4.78 is 34.4. The molecule has 2 aliphatic heterocycles. The lowest BCUT2D eigenvalue weighted by Crippen LogP contribution is -2.61. The van der Waals surface area contributed by atoms with Gasteiger partial charge in [0.15, 0.2) is 12.6 Å². The third-order valence-electron chi connectivity index (χ3n) is 14.0. The summed E-state index contributed by atoms with van der Waals surface area (Å²) in [6, 6.07) is 0. The summed E-state index contributed by atoms with van der Waals surface area (Å²) in [4.78, 5) is 13.1. The lowest BCUT2D eigenvalue weighted by Gasteiger charge is -2.42. The summed E-state index contributed by atoms with van der Waals surface area (Å²) in [5.41, 5.74) is 0. The molecule has 81 heavy (non-hydrogen) atoms. The molecule has 14 nitrogen and oxygen atoms in total. The van der Waals surface area contributed by atoms with Crippen LogP contribution in [0.5, 0.6) is 0 Å². The van der Waals surface area contributed by atoms with Gasteiger partial charge < -0.3 is 64.2 Å². The largest absolute Gasteiger partial charge is 0.457 e. The topological polar surface area (TPSA) is 214 Å². The van der Waals surface area contributed by atoms with Crippen molar-refractivity contribution >= 4 is 5.97 Å². The summed E-state index contributed by atoms with van der Waals surface area (Å²) in [5, 5.41) is 72.5. The van der Waals surface area contributed by atoms with Crippen molar-refractivity contribution in [3.63, 3.8) is 0 Å². The summed E-state index contributed by atoms with van der Waals surface area (Å²) in [6.45, 7) is 3.39. The SMILES string of the molecule is CC/C=C\C/C=C\C/C=C\C/C=C\C/C=C\C/C=C\CCCCC(=O)OC(COCCCCCCCCCCCCCCC/C=C\C/C=C\C/C=C\C/C=C\CC)COC1OC(COC2OC(CO)C(O)C(O)C2O)C(O)C(O)C1O. The average Bonchev–Trinajstić information content (AvgIpc) is 3.46. The molecule has 2 saturated heterocycles. The maximum Gasteiger partial charge on any atom is 0.306 e. The van der Waals surface area contributed by atoms with E-state index in [1.54, 1.807) is 0 Å². The average molecular weight is 1140 g/mol. The van der Waals surface area contributed by atoms with Crippen LogP contribution in [0.1, 0.15) is 194 Å². The summed E-state index contributed by atoms with van der Waals surface area (Å²) in [7, 11) is 0. The molecule has 11 unspecified atom stereocenters. The molecule has 11 atom stereocenters. The number of allylic oxidation sites excluding steroid dienone is 20. The monoisotopic (exact) mass is 1140 g/mol. The van der Waals surface area contributed by atoms with Gasteiger partial charge in [0.05, 0.1) is 26.4 Å². The number of hydrogen-bond acceptors (Lipinski definition) is 14. The molecule has 2 aliphatic rings. The van der Waals surface area contributed by atoms with Crippen molar-refractivity contribution < 1.29 is 69.0 Å². The van der Waals surface area contributed by atoms with Crippen LogP contribution < -0.4 is 0 Å². The molecule has 2 heterocycles. The first-order valence-corrected chi connectivity index (χ1v) is 31.1. The Kier molecular flexibility index (Phi) is 47.2. The Morgan fingerprint density at radius 1 is 0.407 bits per heavy atom. The number of rotatable bonds is 49. The highest BCUT2D eigenvalue weighted by Gasteiger charge is 2.47. The highest BCUT2D eigenvalue weighted by Crippen LogP contribution is 2.26. The molecule has 0 spiro atoms. The van der Waals surface area contributed by atoms with Gasteiger partial charge in [-0.1, -0.05) is 206 Å². The van der Waals surface area contributed by atoms with Crippen molar-refractivity contribution in [3.05, 3.63) is 122 Å². The van der Waals surface area contributed by atoms with Crippen LogP contribution in [0.15, 0.2) is 122 Å². The lowest BCUT2D eigenvalue weighted by molar-refractivity contribution is -0.332. The number of ether oxygens (including phenoxy) is 6. The predicted molar refractivity (Wildman–Crippen MR) is 325 cm³/mol. The van der Waals surface area contributed by atoms with E-state index in [1.165, 1.54) is 70.6 Å². The van der Waals surface area contributed by atoms with E-state index >= 15 is 0 Å². The number of aliphatic hydroxyl groups excluding tert-OH is 7. The fraction of sp³-hybridized carbons (Fsp3) is 0.687. The summed E-state index contributed by atoms with van der Waals surface area (Å²) >= 11 is 0. The van der Waals surface area contributed by atoms with Gasteiger partial charge in [-0.2, -0.15) is 0 Å². The van der Waals surface area contributed by atoms with Gasteiger partial charge in [0, 0.05) is 13.0 Å². The van der Waals surface area contributed by atoms with Crippen LogP contribution in [0.25, 0.3) is 0 Å². The predicted octanol–water partition coefficient (Wildman–Crippen LogP) is 12.1. The minimum Gasteiger partial charge on any atom is -0.457 e. The van der Waals surface area contributed by atoms with E-state index in [0.29, 0.717) is 13.0 Å². The van der Waals surface area contributed by atoms with E-state index in [1.807, 2.05) is 0 Å². The fourth-order valence-corrected chi connectivity index (χ4v) is 9.04. The van der Waals surface area contributed by atoms with Crippen LogP contribution in [-0.4, -0.2) is 142 Å². The van der Waals surface area contributed by atoms with Gasteiger partial charge in [0.25, 0.3) is 0 Å². The molecule has 0 aromatic rings. The van der Waals surface area contributed by atoms with Crippen molar-refractivity contribution in [2.75, 3.05) is 33.0 Å². The zero-order valence-electron chi connectivity index (χ0n) is 49.7. The molecule has 462 valence electrons. The molecular weight excluding hydrogens is 1030 g/mol. The highest BCUT2D eigenvalue weighted by atomic mass is 16.7. The van der Waals surface area contributed by atoms with Gasteiger partial charge in [-0.05, 0) is 103 Å². The van der Waals surface area contributed by atoms with Crippen molar-refractivity contribution in [3.8, 4) is 0 Å². The number of carbonyl (C=O) groups is 1. The molecule has 0 bridgehead atoms. The maximum absolute atomic E-state index is 13.1. The molecule has 0 aromatic carbocycles. The number of carbonyl (C=O) groups excluding carboxylic acids is 1. The molecule has 2 fully saturated rings. The van der Waals surface area contributed by atoms with Crippen LogP contribution >= 0.6 is 0 Å². The van der Waals surface area contributed by atoms with Crippen molar-refractivity contribution in [2.24, 2.45) is 0 Å². The van der Waals surface area contributed by atoms with E-state index in [0.717, 1.165) is 96.3 Å². The Labute approximate surface area is 488 Å². The molecule has 0 aromatic heterocycles. The van der Waals surface area contributed by atoms with Crippen LogP contribution in [0.2, 0.25) is 0 Å². The zero-order valence-corrected chi connectivity index (χ0v) is 49.7. The Hall–Kier alpha value is -3.61. The van der Waals surface area contributed by atoms with Gasteiger partial charge in [0.2, 0.25) is 0 Å². The minimum absolute atomic E-state index is 0.0349. The molecule has 0 radical (unpaired) electrons. The Morgan fingerprint density at radius 2 is 0.765 bits per heavy atom. The molecule has 2 rings (SSSR count). The Morgan fingerprint density at radius 3 is 1.20 bits per heavy atom. The van der Waals surface area contributed by atoms with Crippen LogP contribution in [0.4, 0.5) is 0 Å². The van der Waals surface area contributed by atoms with E-state index in [-0.39, 0.29) is 19.6 Å². The standard InChI is InChI=1S/C67H110O14/c1-3-5-7-9-11-13-15-17-19-21-23-25-26-27-28-29-31-33-35-37-39-41-43-45-47-49-51-76-53-56(54-77-66-65(75)63(73)61(71)58(81-66)55-78-67-64(74)62(72)60(70)57(52-68)80-67)79-59(69)50-48-46-44-42-40-38-36-34-32-30-24-22-20-18-16-14-12-10-8-6-4-2/h5-8,11-14,17-20,23-25,30,34,36,40,42,56-58,60-68,70-75H,3-4,9-10,15-16,21-22,26-29,31-33,35,37-39,41,43-55H2,1-2H3/b7-5-,8-6-,13-11-,14-12-,19-17-,20-18-,25-23-,30-24-,36-34-,42-40-. The van der Waals surface area contributed by atoms with Gasteiger partial charge >= 0.3 is 5.97 Å².